The maximum Gasteiger partial charge on any atom is 0.228 e. The van der Waals surface area contributed by atoms with Crippen LogP contribution in [-0.4, -0.2) is 50.3 Å². The summed E-state index contributed by atoms with van der Waals surface area (Å²) in [6, 6.07) is 1.98. The van der Waals surface area contributed by atoms with Gasteiger partial charge in [-0.1, -0.05) is 0 Å². The van der Waals surface area contributed by atoms with Gasteiger partial charge in [-0.3, -0.25) is 9.89 Å². The molecule has 2 aromatic heterocycles. The number of aliphatic hydroxyl groups is 1. The highest BCUT2D eigenvalue weighted by Crippen LogP contribution is 2.22. The first kappa shape index (κ1) is 15.2. The van der Waals surface area contributed by atoms with Crippen LogP contribution in [0.15, 0.2) is 11.4 Å². The van der Waals surface area contributed by atoms with Crippen molar-refractivity contribution in [3.8, 4) is 0 Å². The summed E-state index contributed by atoms with van der Waals surface area (Å²) in [7, 11) is 0. The van der Waals surface area contributed by atoms with E-state index in [1.807, 2.05) is 25.3 Å². The normalized spacial score (nSPS) is 21.5. The average Bonchev–Trinajstić information content (AvgIpc) is 3.14. The van der Waals surface area contributed by atoms with E-state index in [-0.39, 0.29) is 11.8 Å². The van der Waals surface area contributed by atoms with Crippen LogP contribution in [0.5, 0.6) is 0 Å². The average molecular weight is 320 g/mol. The van der Waals surface area contributed by atoms with Crippen LogP contribution in [0.2, 0.25) is 0 Å². The molecule has 7 heteroatoms. The molecule has 3 heterocycles. The Balaban J connectivity index is 1.58. The Morgan fingerprint density at radius 1 is 1.45 bits per heavy atom. The van der Waals surface area contributed by atoms with Crippen LogP contribution in [0.4, 0.5) is 0 Å². The van der Waals surface area contributed by atoms with E-state index in [1.165, 1.54) is 0 Å². The number of hydrogen-bond donors (Lipinski definition) is 2. The van der Waals surface area contributed by atoms with Crippen LogP contribution < -0.4 is 0 Å². The summed E-state index contributed by atoms with van der Waals surface area (Å²) in [6.07, 6.45) is 0.509. The second kappa shape index (κ2) is 6.18. The number of hydrogen-bond acceptors (Lipinski definition) is 5. The molecule has 1 fully saturated rings. The van der Waals surface area contributed by atoms with Crippen LogP contribution in [0.1, 0.15) is 22.1 Å². The van der Waals surface area contributed by atoms with Gasteiger partial charge in [0, 0.05) is 30.1 Å². The Morgan fingerprint density at radius 3 is 2.91 bits per heavy atom. The van der Waals surface area contributed by atoms with E-state index in [2.05, 4.69) is 15.2 Å². The van der Waals surface area contributed by atoms with Gasteiger partial charge in [-0.25, -0.2) is 4.98 Å². The van der Waals surface area contributed by atoms with Gasteiger partial charge in [0.1, 0.15) is 0 Å². The van der Waals surface area contributed by atoms with Gasteiger partial charge in [-0.05, 0) is 26.3 Å². The predicted molar refractivity (Wildman–Crippen MR) is 83.7 cm³/mol. The van der Waals surface area contributed by atoms with Crippen molar-refractivity contribution in [1.29, 1.82) is 0 Å². The zero-order chi connectivity index (χ0) is 15.7. The Bertz CT molecular complexity index is 666. The summed E-state index contributed by atoms with van der Waals surface area (Å²) in [5.41, 5.74) is 2.76. The molecule has 1 amide bonds. The van der Waals surface area contributed by atoms with Crippen LogP contribution in [0.3, 0.4) is 0 Å². The molecule has 0 aromatic carbocycles. The zero-order valence-corrected chi connectivity index (χ0v) is 13.6. The highest BCUT2D eigenvalue weighted by atomic mass is 32.1. The topological polar surface area (TPSA) is 82.1 Å². The zero-order valence-electron chi connectivity index (χ0n) is 12.7. The van der Waals surface area contributed by atoms with Crippen molar-refractivity contribution in [1.82, 2.24) is 20.1 Å². The molecule has 1 aliphatic heterocycles. The van der Waals surface area contributed by atoms with Crippen molar-refractivity contribution >= 4 is 17.2 Å². The van der Waals surface area contributed by atoms with Crippen molar-refractivity contribution in [2.24, 2.45) is 5.92 Å². The van der Waals surface area contributed by atoms with Crippen molar-refractivity contribution in [2.75, 3.05) is 13.1 Å². The Morgan fingerprint density at radius 2 is 2.27 bits per heavy atom. The number of nitrogens with zero attached hydrogens (tertiary/aromatic N) is 3. The van der Waals surface area contributed by atoms with Gasteiger partial charge in [-0.2, -0.15) is 5.10 Å². The first-order valence-corrected chi connectivity index (χ1v) is 8.27. The lowest BCUT2D eigenvalue weighted by Gasteiger charge is -2.15. The third kappa shape index (κ3) is 3.36. The summed E-state index contributed by atoms with van der Waals surface area (Å²) < 4.78 is 0. The van der Waals surface area contributed by atoms with E-state index in [4.69, 9.17) is 0 Å². The number of aryl methyl sites for hydroxylation is 2. The number of carbonyl (C=O) groups is 1. The van der Waals surface area contributed by atoms with E-state index < -0.39 is 6.10 Å². The highest BCUT2D eigenvalue weighted by Gasteiger charge is 2.34. The molecule has 0 spiro atoms. The number of nitrogens with one attached hydrogen (secondary N) is 1. The first-order valence-electron chi connectivity index (χ1n) is 7.39. The third-order valence-electron chi connectivity index (χ3n) is 3.99. The maximum atomic E-state index is 12.3. The molecular weight excluding hydrogens is 300 g/mol. The molecule has 1 saturated heterocycles. The number of amides is 1. The van der Waals surface area contributed by atoms with E-state index >= 15 is 0 Å². The summed E-state index contributed by atoms with van der Waals surface area (Å²) in [6.45, 7) is 4.86. The minimum Gasteiger partial charge on any atom is -0.391 e. The lowest BCUT2D eigenvalue weighted by Crippen LogP contribution is -2.31. The molecule has 22 heavy (non-hydrogen) atoms. The SMILES string of the molecule is Cc1cc(C[C@@H]2CN(C(=O)Cc3csc(C)n3)C[C@@H]2O)n[nH]1. The number of aromatic amines is 1. The predicted octanol–water partition coefficient (Wildman–Crippen LogP) is 1.09. The Labute approximate surface area is 133 Å². The van der Waals surface area contributed by atoms with E-state index in [0.717, 1.165) is 22.1 Å². The number of aliphatic hydroxyl groups excluding tert-OH is 1. The highest BCUT2D eigenvalue weighted by molar-refractivity contribution is 7.09. The number of aromatic nitrogens is 3. The minimum atomic E-state index is -0.488. The quantitative estimate of drug-likeness (QED) is 0.883. The molecule has 1 aliphatic rings. The molecule has 118 valence electrons. The van der Waals surface area contributed by atoms with Gasteiger partial charge in [-0.15, -0.1) is 11.3 Å². The molecule has 0 saturated carbocycles. The molecule has 2 N–H and O–H groups in total. The van der Waals surface area contributed by atoms with Crippen LogP contribution in [-0.2, 0) is 17.6 Å². The molecule has 0 aliphatic carbocycles. The van der Waals surface area contributed by atoms with Crippen molar-refractivity contribution in [2.45, 2.75) is 32.8 Å². The smallest absolute Gasteiger partial charge is 0.228 e. The number of likely N-dealkylation sites (tertiary alicyclic amines) is 1. The molecule has 2 aromatic rings. The molecule has 2 atom stereocenters. The van der Waals surface area contributed by atoms with Crippen LogP contribution in [0, 0.1) is 19.8 Å². The number of H-pyrrole nitrogens is 1. The van der Waals surface area contributed by atoms with Gasteiger partial charge >= 0.3 is 0 Å². The number of β-amino-alcohol motifs (C(OH)–C–C–N with tert-alkyl or cyclic N) is 1. The second-order valence-electron chi connectivity index (χ2n) is 5.91. The van der Waals surface area contributed by atoms with E-state index in [9.17, 15) is 9.90 Å². The first-order chi connectivity index (χ1) is 10.5. The Hall–Kier alpha value is -1.73. The minimum absolute atomic E-state index is 0.0325. The second-order valence-corrected chi connectivity index (χ2v) is 6.97. The van der Waals surface area contributed by atoms with Crippen molar-refractivity contribution < 1.29 is 9.90 Å². The van der Waals surface area contributed by atoms with Crippen LogP contribution in [0.25, 0.3) is 0 Å². The molecule has 6 nitrogen and oxygen atoms in total. The van der Waals surface area contributed by atoms with Crippen LogP contribution >= 0.6 is 11.3 Å². The van der Waals surface area contributed by atoms with E-state index in [0.29, 0.717) is 25.9 Å². The summed E-state index contributed by atoms with van der Waals surface area (Å²) in [5.74, 6) is 0.0777. The number of rotatable bonds is 4. The van der Waals surface area contributed by atoms with Crippen molar-refractivity contribution in [3.05, 3.63) is 33.5 Å². The molecule has 3 rings (SSSR count). The maximum absolute atomic E-state index is 12.3. The van der Waals surface area contributed by atoms with Gasteiger partial charge in [0.05, 0.1) is 28.9 Å². The van der Waals surface area contributed by atoms with Gasteiger partial charge in [0.2, 0.25) is 5.91 Å². The summed E-state index contributed by atoms with van der Waals surface area (Å²) >= 11 is 1.55. The standard InChI is InChI=1S/C15H20N4O2S/c1-9-3-12(18-17-9)4-11-6-19(7-14(11)20)15(21)5-13-8-22-10(2)16-13/h3,8,11,14,20H,4-7H2,1-2H3,(H,17,18)/t11-,14+/m1/s1. The number of carbonyl (C=O) groups excluding carboxylic acids is 1. The molecule has 0 radical (unpaired) electrons. The lowest BCUT2D eigenvalue weighted by atomic mass is 10.0. The number of thiazole rings is 1. The van der Waals surface area contributed by atoms with Gasteiger partial charge in [0.15, 0.2) is 0 Å². The third-order valence-corrected chi connectivity index (χ3v) is 4.81. The molecule has 0 unspecified atom stereocenters. The van der Waals surface area contributed by atoms with Gasteiger partial charge < -0.3 is 10.0 Å². The molecular formula is C15H20N4O2S. The van der Waals surface area contributed by atoms with E-state index in [1.54, 1.807) is 16.2 Å². The Kier molecular flexibility index (Phi) is 4.26. The fourth-order valence-electron chi connectivity index (χ4n) is 2.86. The summed E-state index contributed by atoms with van der Waals surface area (Å²) in [5, 5.41) is 20.2. The fraction of sp³-hybridized carbons (Fsp3) is 0.533. The van der Waals surface area contributed by atoms with Crippen molar-refractivity contribution in [3.63, 3.8) is 0 Å². The summed E-state index contributed by atoms with van der Waals surface area (Å²) in [4.78, 5) is 18.4. The fourth-order valence-corrected chi connectivity index (χ4v) is 3.47. The van der Waals surface area contributed by atoms with Gasteiger partial charge in [0.25, 0.3) is 0 Å². The monoisotopic (exact) mass is 320 g/mol. The molecule has 0 bridgehead atoms. The largest absolute Gasteiger partial charge is 0.391 e. The lowest BCUT2D eigenvalue weighted by molar-refractivity contribution is -0.129.